The SMILES string of the molecule is OC[C@@H]1CCCCCO1. The van der Waals surface area contributed by atoms with E-state index >= 15 is 0 Å². The van der Waals surface area contributed by atoms with Gasteiger partial charge in [-0.15, -0.1) is 0 Å². The van der Waals surface area contributed by atoms with E-state index in [1.54, 1.807) is 0 Å². The molecule has 0 aromatic heterocycles. The van der Waals surface area contributed by atoms with Crippen LogP contribution in [0.25, 0.3) is 0 Å². The molecule has 1 fully saturated rings. The fourth-order valence-corrected chi connectivity index (χ4v) is 1.13. The molecule has 9 heavy (non-hydrogen) atoms. The molecule has 0 radical (unpaired) electrons. The molecule has 1 heterocycles. The summed E-state index contributed by atoms with van der Waals surface area (Å²) in [5.74, 6) is 0. The van der Waals surface area contributed by atoms with Crippen molar-refractivity contribution in [3.8, 4) is 0 Å². The summed E-state index contributed by atoms with van der Waals surface area (Å²) in [6, 6.07) is 0. The van der Waals surface area contributed by atoms with E-state index in [2.05, 4.69) is 0 Å². The maximum absolute atomic E-state index is 8.69. The summed E-state index contributed by atoms with van der Waals surface area (Å²) in [4.78, 5) is 0. The molecule has 1 saturated heterocycles. The second-order valence-electron chi connectivity index (χ2n) is 2.52. The topological polar surface area (TPSA) is 29.5 Å². The zero-order valence-corrected chi connectivity index (χ0v) is 5.68. The van der Waals surface area contributed by atoms with Crippen LogP contribution in [-0.4, -0.2) is 24.4 Å². The number of ether oxygens (including phenoxy) is 1. The van der Waals surface area contributed by atoms with Crippen LogP contribution in [0.2, 0.25) is 0 Å². The van der Waals surface area contributed by atoms with Gasteiger partial charge in [0.1, 0.15) is 0 Å². The quantitative estimate of drug-likeness (QED) is 0.572. The highest BCUT2D eigenvalue weighted by molar-refractivity contribution is 4.59. The lowest BCUT2D eigenvalue weighted by molar-refractivity contribution is 0.0174. The summed E-state index contributed by atoms with van der Waals surface area (Å²) in [5, 5.41) is 8.69. The molecular weight excluding hydrogens is 116 g/mol. The van der Waals surface area contributed by atoms with Crippen molar-refractivity contribution in [2.75, 3.05) is 13.2 Å². The van der Waals surface area contributed by atoms with Crippen molar-refractivity contribution in [3.05, 3.63) is 0 Å². The highest BCUT2D eigenvalue weighted by Crippen LogP contribution is 2.11. The Morgan fingerprint density at radius 2 is 2.22 bits per heavy atom. The molecule has 2 heteroatoms. The van der Waals surface area contributed by atoms with E-state index in [1.165, 1.54) is 12.8 Å². The Balaban J connectivity index is 2.18. The first-order chi connectivity index (χ1) is 4.43. The summed E-state index contributed by atoms with van der Waals surface area (Å²) in [5.41, 5.74) is 0. The second kappa shape index (κ2) is 3.85. The average molecular weight is 130 g/mol. The van der Waals surface area contributed by atoms with Gasteiger partial charge in [-0.05, 0) is 12.8 Å². The van der Waals surface area contributed by atoms with Gasteiger partial charge in [0.2, 0.25) is 0 Å². The molecule has 2 nitrogen and oxygen atoms in total. The van der Waals surface area contributed by atoms with Gasteiger partial charge in [0.05, 0.1) is 12.7 Å². The van der Waals surface area contributed by atoms with E-state index in [-0.39, 0.29) is 12.7 Å². The zero-order valence-electron chi connectivity index (χ0n) is 5.68. The average Bonchev–Trinajstić information content (AvgIpc) is 2.13. The van der Waals surface area contributed by atoms with Crippen LogP contribution in [-0.2, 0) is 4.74 Å². The molecule has 0 aromatic rings. The van der Waals surface area contributed by atoms with Crippen LogP contribution in [0.3, 0.4) is 0 Å². The van der Waals surface area contributed by atoms with Crippen LogP contribution >= 0.6 is 0 Å². The molecule has 0 unspecified atom stereocenters. The van der Waals surface area contributed by atoms with Gasteiger partial charge in [-0.25, -0.2) is 0 Å². The largest absolute Gasteiger partial charge is 0.394 e. The molecule has 1 aliphatic heterocycles. The molecule has 0 spiro atoms. The van der Waals surface area contributed by atoms with Crippen LogP contribution in [0.15, 0.2) is 0 Å². The van der Waals surface area contributed by atoms with E-state index < -0.39 is 0 Å². The fraction of sp³-hybridized carbons (Fsp3) is 1.00. The Labute approximate surface area is 55.8 Å². The van der Waals surface area contributed by atoms with Crippen molar-refractivity contribution >= 4 is 0 Å². The first-order valence-electron chi connectivity index (χ1n) is 3.66. The van der Waals surface area contributed by atoms with E-state index in [1.807, 2.05) is 0 Å². The predicted octanol–water partition coefficient (Wildman–Crippen LogP) is 0.938. The first kappa shape index (κ1) is 7.03. The van der Waals surface area contributed by atoms with Gasteiger partial charge >= 0.3 is 0 Å². The maximum atomic E-state index is 8.69. The van der Waals surface area contributed by atoms with Crippen molar-refractivity contribution in [1.29, 1.82) is 0 Å². The number of aliphatic hydroxyl groups excluding tert-OH is 1. The van der Waals surface area contributed by atoms with Crippen molar-refractivity contribution in [2.24, 2.45) is 0 Å². The molecule has 1 N–H and O–H groups in total. The summed E-state index contributed by atoms with van der Waals surface area (Å²) >= 11 is 0. The summed E-state index contributed by atoms with van der Waals surface area (Å²) in [6.07, 6.45) is 4.81. The minimum Gasteiger partial charge on any atom is -0.394 e. The van der Waals surface area contributed by atoms with Gasteiger partial charge in [-0.1, -0.05) is 12.8 Å². The predicted molar refractivity (Wildman–Crippen MR) is 35.3 cm³/mol. The van der Waals surface area contributed by atoms with Crippen molar-refractivity contribution in [3.63, 3.8) is 0 Å². The van der Waals surface area contributed by atoms with Gasteiger partial charge in [0.25, 0.3) is 0 Å². The lowest BCUT2D eigenvalue weighted by atomic mass is 10.1. The van der Waals surface area contributed by atoms with Gasteiger partial charge in [-0.3, -0.25) is 0 Å². The van der Waals surface area contributed by atoms with Crippen LogP contribution in [0.4, 0.5) is 0 Å². The van der Waals surface area contributed by atoms with Crippen LogP contribution in [0, 0.1) is 0 Å². The molecule has 0 saturated carbocycles. The molecule has 0 aromatic carbocycles. The van der Waals surface area contributed by atoms with Gasteiger partial charge < -0.3 is 9.84 Å². The summed E-state index contributed by atoms with van der Waals surface area (Å²) in [7, 11) is 0. The molecule has 0 bridgehead atoms. The van der Waals surface area contributed by atoms with Gasteiger partial charge in [0.15, 0.2) is 0 Å². The molecule has 0 aliphatic carbocycles. The van der Waals surface area contributed by atoms with Gasteiger partial charge in [-0.2, -0.15) is 0 Å². The molecule has 1 atom stereocenters. The minimum atomic E-state index is 0.132. The third-order valence-electron chi connectivity index (χ3n) is 1.73. The number of hydrogen-bond acceptors (Lipinski definition) is 2. The third-order valence-corrected chi connectivity index (χ3v) is 1.73. The lowest BCUT2D eigenvalue weighted by Crippen LogP contribution is -2.15. The number of hydrogen-bond donors (Lipinski definition) is 1. The molecule has 1 aliphatic rings. The van der Waals surface area contributed by atoms with E-state index in [0.717, 1.165) is 19.4 Å². The smallest absolute Gasteiger partial charge is 0.0805 e. The van der Waals surface area contributed by atoms with E-state index in [4.69, 9.17) is 9.84 Å². The fourth-order valence-electron chi connectivity index (χ4n) is 1.13. The Morgan fingerprint density at radius 1 is 1.33 bits per heavy atom. The number of rotatable bonds is 1. The van der Waals surface area contributed by atoms with E-state index in [0.29, 0.717) is 0 Å². The standard InChI is InChI=1S/C7H14O2/c8-6-7-4-2-1-3-5-9-7/h7-8H,1-6H2/t7-/m0/s1. The monoisotopic (exact) mass is 130 g/mol. The van der Waals surface area contributed by atoms with Crippen LogP contribution in [0.1, 0.15) is 25.7 Å². The maximum Gasteiger partial charge on any atom is 0.0805 e. The van der Waals surface area contributed by atoms with Crippen molar-refractivity contribution in [2.45, 2.75) is 31.8 Å². The Hall–Kier alpha value is -0.0800. The Kier molecular flexibility index (Phi) is 3.01. The summed E-state index contributed by atoms with van der Waals surface area (Å²) < 4.78 is 5.30. The van der Waals surface area contributed by atoms with Crippen molar-refractivity contribution in [1.82, 2.24) is 0 Å². The van der Waals surface area contributed by atoms with Crippen LogP contribution < -0.4 is 0 Å². The first-order valence-corrected chi connectivity index (χ1v) is 3.66. The normalized spacial score (nSPS) is 29.7. The second-order valence-corrected chi connectivity index (χ2v) is 2.52. The number of aliphatic hydroxyl groups is 1. The molecule has 1 rings (SSSR count). The lowest BCUT2D eigenvalue weighted by Gasteiger charge is -2.09. The molecule has 54 valence electrons. The third kappa shape index (κ3) is 2.33. The zero-order chi connectivity index (χ0) is 6.53. The summed E-state index contributed by atoms with van der Waals surface area (Å²) in [6.45, 7) is 1.03. The highest BCUT2D eigenvalue weighted by atomic mass is 16.5. The minimum absolute atomic E-state index is 0.132. The van der Waals surface area contributed by atoms with Crippen LogP contribution in [0.5, 0.6) is 0 Å². The van der Waals surface area contributed by atoms with Gasteiger partial charge in [0, 0.05) is 6.61 Å². The Bertz CT molecular complexity index is 65.3. The van der Waals surface area contributed by atoms with Crippen molar-refractivity contribution < 1.29 is 9.84 Å². The van der Waals surface area contributed by atoms with E-state index in [9.17, 15) is 0 Å². The molecular formula is C7H14O2. The highest BCUT2D eigenvalue weighted by Gasteiger charge is 2.09. The Morgan fingerprint density at radius 3 is 3.00 bits per heavy atom. The molecule has 0 amide bonds.